The summed E-state index contributed by atoms with van der Waals surface area (Å²) >= 11 is 1.05. The molecule has 10 heteroatoms. The van der Waals surface area contributed by atoms with E-state index in [4.69, 9.17) is 10.5 Å². The van der Waals surface area contributed by atoms with E-state index in [1.807, 2.05) is 13.8 Å². The molecule has 0 atom stereocenters. The molecule has 9 nitrogen and oxygen atoms in total. The number of nitrogens with zero attached hydrogens (tertiary/aromatic N) is 3. The standard InChI is InChI=1S/C15H21N5O4S.C2H6/c1-3-11(17-4-2)14(22)18-15-10(13(16)21)9-12(25-15)20(23)19-5-7-24-8-6-19;1-2/h3-4,9,23H,5-8H2,1-2H3,(H2,16,21)(H,18,22);1-2H3/b11-3-,17-4?;. The number of morpholine rings is 1. The molecule has 2 rings (SSSR count). The number of primary amides is 1. The van der Waals surface area contributed by atoms with Gasteiger partial charge >= 0.3 is 0 Å². The van der Waals surface area contributed by atoms with Crippen LogP contribution in [0.15, 0.2) is 22.8 Å². The minimum atomic E-state index is -0.700. The molecule has 2 amide bonds. The van der Waals surface area contributed by atoms with Crippen LogP contribution in [-0.2, 0) is 9.53 Å². The van der Waals surface area contributed by atoms with Gasteiger partial charge in [0.25, 0.3) is 11.8 Å². The molecule has 150 valence electrons. The lowest BCUT2D eigenvalue weighted by Crippen LogP contribution is -2.47. The zero-order valence-electron chi connectivity index (χ0n) is 16.1. The number of ether oxygens (including phenoxy) is 1. The molecule has 1 aromatic heterocycles. The lowest BCUT2D eigenvalue weighted by atomic mass is 10.3. The highest BCUT2D eigenvalue weighted by Gasteiger charge is 2.23. The number of aliphatic imine (C=N–C) groups is 1. The second-order valence-electron chi connectivity index (χ2n) is 5.06. The third-order valence-electron chi connectivity index (χ3n) is 3.44. The first-order valence-corrected chi connectivity index (χ1v) is 9.51. The van der Waals surface area contributed by atoms with Crippen LogP contribution < -0.4 is 16.2 Å². The van der Waals surface area contributed by atoms with Gasteiger partial charge in [0.15, 0.2) is 0 Å². The van der Waals surface area contributed by atoms with E-state index in [-0.39, 0.29) is 16.3 Å². The molecule has 1 aliphatic heterocycles. The van der Waals surface area contributed by atoms with Gasteiger partial charge in [0.05, 0.1) is 18.8 Å². The number of amides is 2. The van der Waals surface area contributed by atoms with Crippen molar-refractivity contribution in [1.82, 2.24) is 5.01 Å². The first-order chi connectivity index (χ1) is 13.0. The number of allylic oxidation sites excluding steroid dienone is 1. The number of hydrogen-bond acceptors (Lipinski definition) is 8. The molecule has 0 radical (unpaired) electrons. The zero-order chi connectivity index (χ0) is 20.4. The first kappa shape index (κ1) is 22.8. The molecule has 1 aromatic rings. The maximum atomic E-state index is 12.2. The molecule has 4 N–H and O–H groups in total. The Kier molecular flexibility index (Phi) is 9.65. The minimum absolute atomic E-state index is 0.122. The zero-order valence-corrected chi connectivity index (χ0v) is 16.9. The molecule has 0 spiro atoms. The van der Waals surface area contributed by atoms with E-state index in [0.717, 1.165) is 16.5 Å². The summed E-state index contributed by atoms with van der Waals surface area (Å²) in [6, 6.07) is 1.44. The van der Waals surface area contributed by atoms with Crippen molar-refractivity contribution >= 4 is 39.4 Å². The number of thiophene rings is 1. The molecule has 0 aliphatic carbocycles. The summed E-state index contributed by atoms with van der Waals surface area (Å²) in [4.78, 5) is 27.9. The van der Waals surface area contributed by atoms with E-state index in [2.05, 4.69) is 10.3 Å². The summed E-state index contributed by atoms with van der Waals surface area (Å²) in [6.45, 7) is 9.39. The highest BCUT2D eigenvalue weighted by molar-refractivity contribution is 7.20. The van der Waals surface area contributed by atoms with E-state index in [1.165, 1.54) is 12.3 Å². The number of carbonyl (C=O) groups excluding carboxylic acids is 2. The number of anilines is 2. The SMILES string of the molecule is CC.CC=N/C(=C\C)C(=O)Nc1sc(N(O)N2CCOCC2)cc1C(N)=O. The number of carbonyl (C=O) groups is 2. The van der Waals surface area contributed by atoms with Gasteiger partial charge in [-0.05, 0) is 19.9 Å². The number of nitrogens with two attached hydrogens (primary N) is 1. The van der Waals surface area contributed by atoms with Gasteiger partial charge in [-0.1, -0.05) is 31.3 Å². The average molecular weight is 398 g/mol. The highest BCUT2D eigenvalue weighted by Crippen LogP contribution is 2.35. The van der Waals surface area contributed by atoms with Gasteiger partial charge in [0.1, 0.15) is 15.7 Å². The van der Waals surface area contributed by atoms with Gasteiger partial charge < -0.3 is 15.8 Å². The Hall–Kier alpha value is -2.27. The maximum absolute atomic E-state index is 12.2. The number of nitrogens with one attached hydrogen (secondary N) is 1. The summed E-state index contributed by atoms with van der Waals surface area (Å²) in [5.74, 6) is -1.17. The summed E-state index contributed by atoms with van der Waals surface area (Å²) in [7, 11) is 0. The third-order valence-corrected chi connectivity index (χ3v) is 4.45. The van der Waals surface area contributed by atoms with E-state index in [0.29, 0.717) is 31.3 Å². The molecule has 2 heterocycles. The van der Waals surface area contributed by atoms with Gasteiger partial charge in [-0.25, -0.2) is 0 Å². The van der Waals surface area contributed by atoms with Crippen LogP contribution in [0.5, 0.6) is 0 Å². The van der Waals surface area contributed by atoms with Crippen molar-refractivity contribution in [3.63, 3.8) is 0 Å². The van der Waals surface area contributed by atoms with Crippen molar-refractivity contribution in [2.45, 2.75) is 27.7 Å². The van der Waals surface area contributed by atoms with Crippen LogP contribution in [0.3, 0.4) is 0 Å². The average Bonchev–Trinajstić information content (AvgIpc) is 3.11. The van der Waals surface area contributed by atoms with Crippen LogP contribution in [0.1, 0.15) is 38.1 Å². The van der Waals surface area contributed by atoms with Crippen LogP contribution >= 0.6 is 11.3 Å². The van der Waals surface area contributed by atoms with Crippen molar-refractivity contribution < 1.29 is 19.5 Å². The van der Waals surface area contributed by atoms with Crippen LogP contribution in [0.4, 0.5) is 10.0 Å². The van der Waals surface area contributed by atoms with Crippen molar-refractivity contribution in [3.8, 4) is 0 Å². The van der Waals surface area contributed by atoms with Crippen LogP contribution in [-0.4, -0.2) is 54.5 Å². The molecule has 0 saturated carbocycles. The second-order valence-corrected chi connectivity index (χ2v) is 6.09. The highest BCUT2D eigenvalue weighted by atomic mass is 32.1. The Morgan fingerprint density at radius 1 is 1.37 bits per heavy atom. The topological polar surface area (TPSA) is 120 Å². The molecule has 0 bridgehead atoms. The fourth-order valence-corrected chi connectivity index (χ4v) is 3.20. The molecule has 1 saturated heterocycles. The monoisotopic (exact) mass is 397 g/mol. The van der Waals surface area contributed by atoms with E-state index >= 15 is 0 Å². The van der Waals surface area contributed by atoms with Crippen LogP contribution in [0.25, 0.3) is 0 Å². The summed E-state index contributed by atoms with van der Waals surface area (Å²) in [6.07, 6.45) is 3.05. The number of hydrazine groups is 1. The Morgan fingerprint density at radius 3 is 2.52 bits per heavy atom. The molecule has 0 aromatic carbocycles. The fourth-order valence-electron chi connectivity index (χ4n) is 2.21. The van der Waals surface area contributed by atoms with Crippen LogP contribution in [0, 0.1) is 0 Å². The number of hydrogen-bond donors (Lipinski definition) is 3. The van der Waals surface area contributed by atoms with Crippen molar-refractivity contribution in [2.24, 2.45) is 10.7 Å². The lowest BCUT2D eigenvalue weighted by molar-refractivity contribution is -0.112. The minimum Gasteiger partial charge on any atom is -0.379 e. The van der Waals surface area contributed by atoms with E-state index in [1.54, 1.807) is 24.9 Å². The first-order valence-electron chi connectivity index (χ1n) is 8.69. The molecule has 27 heavy (non-hydrogen) atoms. The smallest absolute Gasteiger partial charge is 0.274 e. The van der Waals surface area contributed by atoms with Crippen molar-refractivity contribution in [2.75, 3.05) is 36.8 Å². The van der Waals surface area contributed by atoms with Gasteiger partial charge in [0.2, 0.25) is 0 Å². The maximum Gasteiger partial charge on any atom is 0.274 e. The lowest BCUT2D eigenvalue weighted by Gasteiger charge is -2.32. The summed E-state index contributed by atoms with van der Waals surface area (Å²) < 4.78 is 5.24. The van der Waals surface area contributed by atoms with Gasteiger partial charge in [-0.3, -0.25) is 19.8 Å². The number of rotatable bonds is 6. The van der Waals surface area contributed by atoms with Crippen LogP contribution in [0.2, 0.25) is 0 Å². The van der Waals surface area contributed by atoms with Gasteiger partial charge in [-0.2, -0.15) is 10.2 Å². The Bertz CT molecular complexity index is 695. The third kappa shape index (κ3) is 6.14. The van der Waals surface area contributed by atoms with Gasteiger partial charge in [0, 0.05) is 19.3 Å². The van der Waals surface area contributed by atoms with Crippen molar-refractivity contribution in [3.05, 3.63) is 23.4 Å². The fraction of sp³-hybridized carbons (Fsp3) is 0.471. The predicted octanol–water partition coefficient (Wildman–Crippen LogP) is 2.25. The molecule has 0 unspecified atom stereocenters. The van der Waals surface area contributed by atoms with E-state index in [9.17, 15) is 14.8 Å². The Labute approximate surface area is 163 Å². The van der Waals surface area contributed by atoms with Gasteiger partial charge in [-0.15, -0.1) is 0 Å². The molecular formula is C17H27N5O4S. The Balaban J connectivity index is 0.00000176. The molecular weight excluding hydrogens is 370 g/mol. The quantitative estimate of drug-likeness (QED) is 0.385. The van der Waals surface area contributed by atoms with Crippen molar-refractivity contribution in [1.29, 1.82) is 0 Å². The predicted molar refractivity (Wildman–Crippen MR) is 107 cm³/mol. The summed E-state index contributed by atoms with van der Waals surface area (Å²) in [5, 5.41) is 16.2. The summed E-state index contributed by atoms with van der Waals surface area (Å²) in [5.41, 5.74) is 5.72. The van der Waals surface area contributed by atoms with E-state index < -0.39 is 11.8 Å². The molecule has 1 fully saturated rings. The Morgan fingerprint density at radius 2 is 2.00 bits per heavy atom. The molecule has 1 aliphatic rings. The largest absolute Gasteiger partial charge is 0.379 e. The normalized spacial score (nSPS) is 15.2. The second kappa shape index (κ2) is 11.4.